The molecule has 1 heterocycles. The monoisotopic (exact) mass is 280 g/mol. The zero-order valence-electron chi connectivity index (χ0n) is 10.3. The van der Waals surface area contributed by atoms with Crippen LogP contribution in [-0.4, -0.2) is 33.7 Å². The molecule has 0 unspecified atom stereocenters. The second kappa shape index (κ2) is 6.31. The molecule has 0 aliphatic carbocycles. The van der Waals surface area contributed by atoms with E-state index in [0.29, 0.717) is 18.1 Å². The third kappa shape index (κ3) is 3.77. The number of ether oxygens (including phenoxy) is 1. The number of nitrogens with one attached hydrogen (secondary N) is 1. The molecule has 19 heavy (non-hydrogen) atoms. The fourth-order valence-corrected chi connectivity index (χ4v) is 1.60. The maximum absolute atomic E-state index is 8.83. The van der Waals surface area contributed by atoms with Crippen LogP contribution in [0.4, 0.5) is 5.95 Å². The van der Waals surface area contributed by atoms with Crippen LogP contribution in [0, 0.1) is 0 Å². The van der Waals surface area contributed by atoms with E-state index in [9.17, 15) is 0 Å². The van der Waals surface area contributed by atoms with Crippen molar-refractivity contribution in [3.63, 3.8) is 0 Å². The fourth-order valence-electron chi connectivity index (χ4n) is 1.45. The minimum Gasteiger partial charge on any atom is -0.424 e. The predicted molar refractivity (Wildman–Crippen MR) is 71.7 cm³/mol. The molecule has 1 aromatic heterocycles. The Kier molecular flexibility index (Phi) is 4.48. The van der Waals surface area contributed by atoms with Gasteiger partial charge in [-0.1, -0.05) is 12.1 Å². The first-order valence-corrected chi connectivity index (χ1v) is 6.06. The number of hydrogen-bond donors (Lipinski definition) is 2. The van der Waals surface area contributed by atoms with E-state index in [0.717, 1.165) is 5.56 Å². The average Bonchev–Trinajstić information content (AvgIpc) is 2.40. The summed E-state index contributed by atoms with van der Waals surface area (Å²) in [6, 6.07) is 7.42. The molecule has 100 valence electrons. The highest BCUT2D eigenvalue weighted by Crippen LogP contribution is 2.20. The number of anilines is 1. The van der Waals surface area contributed by atoms with Crippen molar-refractivity contribution in [1.29, 1.82) is 0 Å². The lowest BCUT2D eigenvalue weighted by atomic mass is 10.1. The molecule has 0 aliphatic rings. The highest BCUT2D eigenvalue weighted by Gasteiger charge is 2.06. The predicted octanol–water partition coefficient (Wildman–Crippen LogP) is 1.89. The van der Waals surface area contributed by atoms with Gasteiger partial charge in [-0.15, -0.1) is 0 Å². The van der Waals surface area contributed by atoms with E-state index < -0.39 is 0 Å². The van der Waals surface area contributed by atoms with Crippen molar-refractivity contribution in [3.05, 3.63) is 35.1 Å². The van der Waals surface area contributed by atoms with Gasteiger partial charge in [-0.05, 0) is 35.7 Å². The van der Waals surface area contributed by atoms with Crippen LogP contribution in [0.3, 0.4) is 0 Å². The Labute approximate surface area is 115 Å². The van der Waals surface area contributed by atoms with E-state index >= 15 is 0 Å². The van der Waals surface area contributed by atoms with Gasteiger partial charge in [-0.25, -0.2) is 0 Å². The lowest BCUT2D eigenvalue weighted by molar-refractivity contribution is 0.299. The molecule has 2 N–H and O–H groups in total. The minimum absolute atomic E-state index is 0.0613. The van der Waals surface area contributed by atoms with E-state index in [1.165, 1.54) is 0 Å². The lowest BCUT2D eigenvalue weighted by Gasteiger charge is -2.06. The van der Waals surface area contributed by atoms with Crippen molar-refractivity contribution in [2.24, 2.45) is 0 Å². The zero-order chi connectivity index (χ0) is 13.7. The van der Waals surface area contributed by atoms with Crippen molar-refractivity contribution in [1.82, 2.24) is 15.0 Å². The van der Waals surface area contributed by atoms with E-state index in [-0.39, 0.29) is 17.9 Å². The molecular weight excluding hydrogens is 268 g/mol. The zero-order valence-corrected chi connectivity index (χ0v) is 11.1. The van der Waals surface area contributed by atoms with Crippen LogP contribution >= 0.6 is 11.6 Å². The van der Waals surface area contributed by atoms with Gasteiger partial charge in [0.2, 0.25) is 11.2 Å². The molecule has 6 nitrogen and oxygen atoms in total. The minimum atomic E-state index is 0.0613. The first-order valence-electron chi connectivity index (χ1n) is 5.68. The van der Waals surface area contributed by atoms with Gasteiger partial charge in [0.15, 0.2) is 0 Å². The molecule has 0 aliphatic heterocycles. The highest BCUT2D eigenvalue weighted by molar-refractivity contribution is 6.28. The number of benzene rings is 1. The quantitative estimate of drug-likeness (QED) is 0.871. The molecule has 7 heteroatoms. The van der Waals surface area contributed by atoms with Crippen molar-refractivity contribution in [2.45, 2.75) is 6.42 Å². The molecule has 0 fully saturated rings. The Morgan fingerprint density at radius 3 is 2.58 bits per heavy atom. The van der Waals surface area contributed by atoms with Crippen LogP contribution < -0.4 is 10.1 Å². The number of hydrogen-bond acceptors (Lipinski definition) is 6. The summed E-state index contributed by atoms with van der Waals surface area (Å²) in [4.78, 5) is 11.8. The summed E-state index contributed by atoms with van der Waals surface area (Å²) in [5.74, 6) is 0.929. The molecule has 0 atom stereocenters. The average molecular weight is 281 g/mol. The maximum atomic E-state index is 8.83. The summed E-state index contributed by atoms with van der Waals surface area (Å²) >= 11 is 5.75. The molecule has 0 saturated heterocycles. The Hall–Kier alpha value is -1.92. The number of rotatable bonds is 5. The smallest absolute Gasteiger partial charge is 0.328 e. The first-order chi connectivity index (χ1) is 9.21. The number of halogens is 1. The van der Waals surface area contributed by atoms with E-state index in [1.807, 2.05) is 12.1 Å². The number of aliphatic hydroxyl groups is 1. The second-order valence-corrected chi connectivity index (χ2v) is 4.02. The standard InChI is InChI=1S/C12H13ClN4O2/c1-14-11-15-10(13)16-12(17-11)19-9-4-2-8(3-5-9)6-7-18/h2-5,18H,6-7H2,1H3,(H,14,15,16,17). The van der Waals surface area contributed by atoms with Crippen LogP contribution in [-0.2, 0) is 6.42 Å². The summed E-state index contributed by atoms with van der Waals surface area (Å²) in [5.41, 5.74) is 1.03. The molecule has 0 radical (unpaired) electrons. The van der Waals surface area contributed by atoms with Crippen molar-refractivity contribution >= 4 is 17.5 Å². The Morgan fingerprint density at radius 1 is 1.21 bits per heavy atom. The van der Waals surface area contributed by atoms with Crippen LogP contribution in [0.1, 0.15) is 5.56 Å². The van der Waals surface area contributed by atoms with Gasteiger partial charge in [0.25, 0.3) is 0 Å². The molecule has 2 aromatic rings. The van der Waals surface area contributed by atoms with E-state index in [1.54, 1.807) is 19.2 Å². The second-order valence-electron chi connectivity index (χ2n) is 3.68. The van der Waals surface area contributed by atoms with Gasteiger partial charge < -0.3 is 15.2 Å². The third-order valence-corrected chi connectivity index (χ3v) is 2.51. The summed E-state index contributed by atoms with van der Waals surface area (Å²) in [6.07, 6.45) is 0.613. The maximum Gasteiger partial charge on any atom is 0.328 e. The van der Waals surface area contributed by atoms with Crippen LogP contribution in [0.15, 0.2) is 24.3 Å². The Balaban J connectivity index is 2.14. The molecule has 0 saturated carbocycles. The van der Waals surface area contributed by atoms with Crippen LogP contribution in [0.5, 0.6) is 11.8 Å². The molecule has 0 amide bonds. The van der Waals surface area contributed by atoms with Crippen molar-refractivity contribution < 1.29 is 9.84 Å². The van der Waals surface area contributed by atoms with Crippen molar-refractivity contribution in [2.75, 3.05) is 19.0 Å². The first kappa shape index (κ1) is 13.5. The lowest BCUT2D eigenvalue weighted by Crippen LogP contribution is -2.01. The fraction of sp³-hybridized carbons (Fsp3) is 0.250. The largest absolute Gasteiger partial charge is 0.424 e. The molecule has 2 rings (SSSR count). The van der Waals surface area contributed by atoms with Gasteiger partial charge >= 0.3 is 6.01 Å². The number of nitrogens with zero attached hydrogens (tertiary/aromatic N) is 3. The van der Waals surface area contributed by atoms with Gasteiger partial charge in [-0.3, -0.25) is 0 Å². The summed E-state index contributed by atoms with van der Waals surface area (Å²) in [5, 5.41) is 11.7. The normalized spacial score (nSPS) is 10.3. The summed E-state index contributed by atoms with van der Waals surface area (Å²) in [7, 11) is 1.68. The SMILES string of the molecule is CNc1nc(Cl)nc(Oc2ccc(CCO)cc2)n1. The number of aliphatic hydroxyl groups excluding tert-OH is 1. The van der Waals surface area contributed by atoms with Crippen LogP contribution in [0.25, 0.3) is 0 Å². The molecule has 1 aromatic carbocycles. The molecular formula is C12H13ClN4O2. The highest BCUT2D eigenvalue weighted by atomic mass is 35.5. The Bertz CT molecular complexity index is 548. The van der Waals surface area contributed by atoms with Gasteiger partial charge in [0.05, 0.1) is 0 Å². The van der Waals surface area contributed by atoms with Gasteiger partial charge in [0, 0.05) is 13.7 Å². The van der Waals surface area contributed by atoms with Crippen LogP contribution in [0.2, 0.25) is 5.28 Å². The number of aromatic nitrogens is 3. The summed E-state index contributed by atoms with van der Waals surface area (Å²) < 4.78 is 5.49. The third-order valence-electron chi connectivity index (χ3n) is 2.34. The molecule has 0 bridgehead atoms. The van der Waals surface area contributed by atoms with E-state index in [4.69, 9.17) is 21.4 Å². The Morgan fingerprint density at radius 2 is 1.95 bits per heavy atom. The topological polar surface area (TPSA) is 80.2 Å². The van der Waals surface area contributed by atoms with Gasteiger partial charge in [-0.2, -0.15) is 15.0 Å². The summed E-state index contributed by atoms with van der Waals surface area (Å²) in [6.45, 7) is 0.120. The van der Waals surface area contributed by atoms with Crippen molar-refractivity contribution in [3.8, 4) is 11.8 Å². The van der Waals surface area contributed by atoms with E-state index in [2.05, 4.69) is 20.3 Å². The van der Waals surface area contributed by atoms with Gasteiger partial charge in [0.1, 0.15) is 5.75 Å². The molecule has 0 spiro atoms.